The van der Waals surface area contributed by atoms with E-state index in [4.69, 9.17) is 0 Å². The van der Waals surface area contributed by atoms with Gasteiger partial charge < -0.3 is 4.57 Å². The Labute approximate surface area is 157 Å². The maximum atomic E-state index is 12.7. The molecule has 27 heavy (non-hydrogen) atoms. The third-order valence-corrected chi connectivity index (χ3v) is 6.21. The van der Waals surface area contributed by atoms with Crippen molar-refractivity contribution in [3.05, 3.63) is 32.7 Å². The average Bonchev–Trinajstić information content (AvgIpc) is 3.13. The second-order valence-corrected chi connectivity index (χ2v) is 7.95. The van der Waals surface area contributed by atoms with E-state index in [2.05, 4.69) is 28.3 Å². The highest BCUT2D eigenvalue weighted by atomic mass is 16.2. The Bertz CT molecular complexity index is 1120. The van der Waals surface area contributed by atoms with Gasteiger partial charge in [-0.3, -0.25) is 23.2 Å². The van der Waals surface area contributed by atoms with Gasteiger partial charge in [-0.1, -0.05) is 6.42 Å². The third kappa shape index (κ3) is 2.65. The highest BCUT2D eigenvalue weighted by Gasteiger charge is 2.25. The number of piperidine rings is 1. The van der Waals surface area contributed by atoms with E-state index in [1.165, 1.54) is 30.9 Å². The molecule has 1 fully saturated rings. The summed E-state index contributed by atoms with van der Waals surface area (Å²) in [5.41, 5.74) is 1.29. The number of likely N-dealkylation sites (tertiary alicyclic amines) is 1. The fraction of sp³-hybridized carbons (Fsp3) is 0.632. The van der Waals surface area contributed by atoms with Crippen LogP contribution in [0.25, 0.3) is 16.9 Å². The average molecular weight is 372 g/mol. The Morgan fingerprint density at radius 2 is 1.74 bits per heavy atom. The van der Waals surface area contributed by atoms with E-state index in [9.17, 15) is 9.59 Å². The number of nitrogens with zero attached hydrogens (tertiary/aromatic N) is 6. The highest BCUT2D eigenvalue weighted by molar-refractivity contribution is 5.75. The van der Waals surface area contributed by atoms with E-state index in [1.54, 1.807) is 7.05 Å². The fourth-order valence-corrected chi connectivity index (χ4v) is 4.54. The molecule has 0 amide bonds. The van der Waals surface area contributed by atoms with Crippen molar-refractivity contribution in [3.8, 4) is 0 Å². The lowest BCUT2D eigenvalue weighted by Crippen LogP contribution is -2.45. The van der Waals surface area contributed by atoms with E-state index in [0.29, 0.717) is 23.2 Å². The Balaban J connectivity index is 1.79. The Hall–Kier alpha value is -2.35. The van der Waals surface area contributed by atoms with Crippen LogP contribution in [-0.4, -0.2) is 46.6 Å². The maximum absolute atomic E-state index is 12.7. The molecule has 8 nitrogen and oxygen atoms in total. The van der Waals surface area contributed by atoms with Crippen molar-refractivity contribution >= 4 is 16.9 Å². The maximum Gasteiger partial charge on any atom is 0.332 e. The summed E-state index contributed by atoms with van der Waals surface area (Å²) >= 11 is 0. The number of aromatic nitrogens is 5. The fourth-order valence-electron chi connectivity index (χ4n) is 4.54. The Kier molecular flexibility index (Phi) is 4.25. The van der Waals surface area contributed by atoms with Crippen molar-refractivity contribution in [2.75, 3.05) is 6.54 Å². The quantitative estimate of drug-likeness (QED) is 0.694. The van der Waals surface area contributed by atoms with Crippen LogP contribution in [0.5, 0.6) is 0 Å². The van der Waals surface area contributed by atoms with Gasteiger partial charge in [0, 0.05) is 51.2 Å². The lowest BCUT2D eigenvalue weighted by Gasteiger charge is -2.39. The first-order chi connectivity index (χ1) is 12.8. The molecule has 0 saturated carbocycles. The monoisotopic (exact) mass is 372 g/mol. The molecule has 1 aliphatic rings. The molecule has 0 radical (unpaired) electrons. The first-order valence-corrected chi connectivity index (χ1v) is 9.71. The van der Waals surface area contributed by atoms with Gasteiger partial charge in [0.2, 0.25) is 5.78 Å². The van der Waals surface area contributed by atoms with Crippen LogP contribution in [0.4, 0.5) is 0 Å². The second-order valence-electron chi connectivity index (χ2n) is 7.95. The van der Waals surface area contributed by atoms with Crippen LogP contribution in [0.3, 0.4) is 0 Å². The molecule has 3 aromatic heterocycles. The molecule has 0 aliphatic carbocycles. The smallest absolute Gasteiger partial charge is 0.313 e. The zero-order valence-electron chi connectivity index (χ0n) is 16.8. The molecule has 1 saturated heterocycles. The lowest BCUT2D eigenvalue weighted by atomic mass is 9.98. The summed E-state index contributed by atoms with van der Waals surface area (Å²) in [6.07, 6.45) is 5.74. The van der Waals surface area contributed by atoms with Crippen LogP contribution in [0.1, 0.15) is 38.8 Å². The number of hydrogen-bond donors (Lipinski definition) is 0. The Morgan fingerprint density at radius 1 is 1.07 bits per heavy atom. The molecule has 1 aliphatic heterocycles. The van der Waals surface area contributed by atoms with E-state index >= 15 is 0 Å². The number of rotatable bonds is 3. The van der Waals surface area contributed by atoms with Gasteiger partial charge in [-0.25, -0.2) is 4.79 Å². The summed E-state index contributed by atoms with van der Waals surface area (Å²) in [4.78, 5) is 32.1. The zero-order valence-corrected chi connectivity index (χ0v) is 16.8. The van der Waals surface area contributed by atoms with Crippen LogP contribution in [0.2, 0.25) is 0 Å². The number of fused-ring (bicyclic) bond motifs is 3. The van der Waals surface area contributed by atoms with Crippen molar-refractivity contribution in [1.29, 1.82) is 0 Å². The molecule has 0 unspecified atom stereocenters. The molecule has 0 aromatic carbocycles. The molecular formula is C19H28N6O2. The number of aryl methyl sites for hydroxylation is 2. The minimum Gasteiger partial charge on any atom is -0.313 e. The van der Waals surface area contributed by atoms with E-state index < -0.39 is 0 Å². The molecule has 0 spiro atoms. The molecule has 4 rings (SSSR count). The standard InChI is InChI=1S/C19H28N6O2/c1-12-7-6-8-13(2)23(12)9-10-24-14(3)11-25-15-16(20-18(24)25)21(4)19(27)22(5)17(15)26/h11-13H,6-10H2,1-5H3/t12-,13-/m1/s1. The van der Waals surface area contributed by atoms with Gasteiger partial charge in [-0.2, -0.15) is 4.98 Å². The zero-order chi connectivity index (χ0) is 19.5. The van der Waals surface area contributed by atoms with Crippen LogP contribution < -0.4 is 11.2 Å². The summed E-state index contributed by atoms with van der Waals surface area (Å²) in [7, 11) is 3.16. The molecular weight excluding hydrogens is 344 g/mol. The van der Waals surface area contributed by atoms with Crippen molar-refractivity contribution < 1.29 is 0 Å². The van der Waals surface area contributed by atoms with Crippen LogP contribution >= 0.6 is 0 Å². The summed E-state index contributed by atoms with van der Waals surface area (Å²) in [5, 5.41) is 0. The van der Waals surface area contributed by atoms with Crippen LogP contribution in [-0.2, 0) is 20.6 Å². The van der Waals surface area contributed by atoms with Gasteiger partial charge in [-0.05, 0) is 33.6 Å². The van der Waals surface area contributed by atoms with Gasteiger partial charge in [0.25, 0.3) is 5.56 Å². The summed E-state index contributed by atoms with van der Waals surface area (Å²) in [5.74, 6) is 0.720. The summed E-state index contributed by atoms with van der Waals surface area (Å²) < 4.78 is 6.56. The van der Waals surface area contributed by atoms with Gasteiger partial charge in [0.1, 0.15) is 0 Å². The molecule has 8 heteroatoms. The minimum absolute atomic E-state index is 0.309. The van der Waals surface area contributed by atoms with Crippen LogP contribution in [0.15, 0.2) is 15.8 Å². The predicted octanol–water partition coefficient (Wildman–Crippen LogP) is 1.26. The number of imidazole rings is 2. The normalized spacial score (nSPS) is 21.5. The summed E-state index contributed by atoms with van der Waals surface area (Å²) in [6, 6.07) is 1.18. The van der Waals surface area contributed by atoms with Crippen molar-refractivity contribution in [1.82, 2.24) is 28.0 Å². The molecule has 2 atom stereocenters. The van der Waals surface area contributed by atoms with Gasteiger partial charge in [-0.15, -0.1) is 0 Å². The topological polar surface area (TPSA) is 69.5 Å². The van der Waals surface area contributed by atoms with Gasteiger partial charge >= 0.3 is 5.69 Å². The number of hydrogen-bond acceptors (Lipinski definition) is 4. The van der Waals surface area contributed by atoms with E-state index in [0.717, 1.165) is 29.1 Å². The van der Waals surface area contributed by atoms with Crippen molar-refractivity contribution in [2.45, 2.75) is 58.7 Å². The van der Waals surface area contributed by atoms with Crippen molar-refractivity contribution in [2.24, 2.45) is 14.1 Å². The van der Waals surface area contributed by atoms with Crippen LogP contribution in [0, 0.1) is 6.92 Å². The summed E-state index contributed by atoms with van der Waals surface area (Å²) in [6.45, 7) is 8.41. The SMILES string of the molecule is Cc1cn2c3c(=O)n(C)c(=O)n(C)c3nc2n1CCN1[C@H](C)CCC[C@H]1C. The lowest BCUT2D eigenvalue weighted by molar-refractivity contribution is 0.0993. The molecule has 146 valence electrons. The largest absolute Gasteiger partial charge is 0.332 e. The minimum atomic E-state index is -0.354. The first-order valence-electron chi connectivity index (χ1n) is 9.71. The molecule has 3 aromatic rings. The van der Waals surface area contributed by atoms with Crippen molar-refractivity contribution in [3.63, 3.8) is 0 Å². The second kappa shape index (κ2) is 6.37. The molecule has 4 heterocycles. The Morgan fingerprint density at radius 3 is 2.41 bits per heavy atom. The highest BCUT2D eigenvalue weighted by Crippen LogP contribution is 2.23. The van der Waals surface area contributed by atoms with Gasteiger partial charge in [0.05, 0.1) is 0 Å². The predicted molar refractivity (Wildman–Crippen MR) is 105 cm³/mol. The van der Waals surface area contributed by atoms with E-state index in [1.807, 2.05) is 17.5 Å². The van der Waals surface area contributed by atoms with E-state index in [-0.39, 0.29) is 11.2 Å². The third-order valence-electron chi connectivity index (χ3n) is 6.21. The molecule has 0 N–H and O–H groups in total. The first kappa shape index (κ1) is 18.0. The van der Waals surface area contributed by atoms with Gasteiger partial charge in [0.15, 0.2) is 11.2 Å². The molecule has 0 bridgehead atoms.